The Morgan fingerprint density at radius 2 is 1.86 bits per heavy atom. The third-order valence-electron chi connectivity index (χ3n) is 3.05. The van der Waals surface area contributed by atoms with Crippen LogP contribution >= 0.6 is 0 Å². The molecule has 0 fully saturated rings. The molecule has 0 bridgehead atoms. The van der Waals surface area contributed by atoms with Crippen molar-refractivity contribution in [1.82, 2.24) is 0 Å². The first-order chi connectivity index (χ1) is 10.2. The number of amides is 1. The summed E-state index contributed by atoms with van der Waals surface area (Å²) in [6.07, 6.45) is 0.510. The Morgan fingerprint density at radius 1 is 1.14 bits per heavy atom. The van der Waals surface area contributed by atoms with Gasteiger partial charge in [0.2, 0.25) is 0 Å². The van der Waals surface area contributed by atoms with Gasteiger partial charge < -0.3 is 15.2 Å². The molecule has 4 nitrogen and oxygen atoms in total. The van der Waals surface area contributed by atoms with Crippen LogP contribution in [0.25, 0.3) is 0 Å². The van der Waals surface area contributed by atoms with Crippen LogP contribution in [0.5, 0.6) is 5.75 Å². The van der Waals surface area contributed by atoms with Gasteiger partial charge in [-0.1, -0.05) is 35.9 Å². The molecular formula is C17H19NO3. The number of carbonyl (C=O) groups excluding carboxylic acids is 1. The zero-order valence-corrected chi connectivity index (χ0v) is 12.0. The molecule has 0 saturated heterocycles. The minimum atomic E-state index is -0.211. The maximum Gasteiger partial charge on any atom is 0.262 e. The van der Waals surface area contributed by atoms with Crippen LogP contribution in [0.2, 0.25) is 0 Å². The van der Waals surface area contributed by atoms with Gasteiger partial charge in [0.25, 0.3) is 5.91 Å². The van der Waals surface area contributed by atoms with Gasteiger partial charge >= 0.3 is 0 Å². The number of nitrogens with one attached hydrogen (secondary N) is 1. The minimum Gasteiger partial charge on any atom is -0.483 e. The molecule has 2 aromatic carbocycles. The minimum absolute atomic E-state index is 0.0515. The molecule has 0 unspecified atom stereocenters. The number of rotatable bonds is 6. The van der Waals surface area contributed by atoms with Gasteiger partial charge in [0, 0.05) is 12.3 Å². The Hall–Kier alpha value is -2.33. The van der Waals surface area contributed by atoms with Crippen molar-refractivity contribution in [2.24, 2.45) is 0 Å². The maximum atomic E-state index is 11.9. The number of hydrogen-bond donors (Lipinski definition) is 2. The van der Waals surface area contributed by atoms with Gasteiger partial charge in [0.15, 0.2) is 6.61 Å². The SMILES string of the molecule is Cc1ccc(NC(=O)COc2ccccc2CCO)cc1. The lowest BCUT2D eigenvalue weighted by atomic mass is 10.1. The monoisotopic (exact) mass is 285 g/mol. The molecule has 0 saturated carbocycles. The fourth-order valence-corrected chi connectivity index (χ4v) is 1.95. The normalized spacial score (nSPS) is 10.2. The number of para-hydroxylation sites is 1. The Kier molecular flexibility index (Phi) is 5.35. The molecule has 21 heavy (non-hydrogen) atoms. The van der Waals surface area contributed by atoms with Crippen molar-refractivity contribution in [2.75, 3.05) is 18.5 Å². The average Bonchev–Trinajstić information content (AvgIpc) is 2.49. The van der Waals surface area contributed by atoms with E-state index in [4.69, 9.17) is 9.84 Å². The van der Waals surface area contributed by atoms with Crippen molar-refractivity contribution < 1.29 is 14.6 Å². The summed E-state index contributed by atoms with van der Waals surface area (Å²) < 4.78 is 5.52. The van der Waals surface area contributed by atoms with Gasteiger partial charge in [-0.05, 0) is 37.1 Å². The fourth-order valence-electron chi connectivity index (χ4n) is 1.95. The summed E-state index contributed by atoms with van der Waals surface area (Å²) in [5, 5.41) is 11.8. The van der Waals surface area contributed by atoms with E-state index < -0.39 is 0 Å². The lowest BCUT2D eigenvalue weighted by molar-refractivity contribution is -0.118. The Labute approximate surface area is 124 Å². The molecule has 4 heteroatoms. The van der Waals surface area contributed by atoms with E-state index in [1.54, 1.807) is 6.07 Å². The highest BCUT2D eigenvalue weighted by atomic mass is 16.5. The highest BCUT2D eigenvalue weighted by Crippen LogP contribution is 2.18. The first kappa shape index (κ1) is 15.1. The van der Waals surface area contributed by atoms with Crippen molar-refractivity contribution >= 4 is 11.6 Å². The predicted octanol–water partition coefficient (Wildman–Crippen LogP) is 2.55. The van der Waals surface area contributed by atoms with E-state index in [-0.39, 0.29) is 19.1 Å². The molecule has 0 heterocycles. The second-order valence-corrected chi connectivity index (χ2v) is 4.78. The zero-order chi connectivity index (χ0) is 15.1. The van der Waals surface area contributed by atoms with Crippen LogP contribution in [0.3, 0.4) is 0 Å². The first-order valence-corrected chi connectivity index (χ1v) is 6.87. The van der Waals surface area contributed by atoms with Gasteiger partial charge in [-0.3, -0.25) is 4.79 Å². The summed E-state index contributed by atoms with van der Waals surface area (Å²) in [6, 6.07) is 15.0. The van der Waals surface area contributed by atoms with Crippen LogP contribution in [0.15, 0.2) is 48.5 Å². The molecule has 0 aliphatic rings. The van der Waals surface area contributed by atoms with E-state index in [9.17, 15) is 4.79 Å². The molecular weight excluding hydrogens is 266 g/mol. The van der Waals surface area contributed by atoms with E-state index in [0.29, 0.717) is 12.2 Å². The maximum absolute atomic E-state index is 11.9. The second-order valence-electron chi connectivity index (χ2n) is 4.78. The molecule has 2 aromatic rings. The summed E-state index contributed by atoms with van der Waals surface area (Å²) in [4.78, 5) is 11.9. The number of aryl methyl sites for hydroxylation is 1. The Balaban J connectivity index is 1.90. The number of ether oxygens (including phenoxy) is 1. The molecule has 2 N–H and O–H groups in total. The second kappa shape index (κ2) is 7.45. The van der Waals surface area contributed by atoms with E-state index in [0.717, 1.165) is 16.8 Å². The van der Waals surface area contributed by atoms with Crippen LogP contribution in [-0.2, 0) is 11.2 Å². The largest absolute Gasteiger partial charge is 0.483 e. The standard InChI is InChI=1S/C17H19NO3/c1-13-6-8-15(9-7-13)18-17(20)12-21-16-5-3-2-4-14(16)10-11-19/h2-9,19H,10-12H2,1H3,(H,18,20). The molecule has 0 radical (unpaired) electrons. The number of aliphatic hydroxyl groups excluding tert-OH is 1. The number of hydrogen-bond acceptors (Lipinski definition) is 3. The molecule has 110 valence electrons. The van der Waals surface area contributed by atoms with Gasteiger partial charge in [0.05, 0.1) is 0 Å². The smallest absolute Gasteiger partial charge is 0.262 e. The van der Waals surface area contributed by atoms with Crippen molar-refractivity contribution in [1.29, 1.82) is 0 Å². The summed E-state index contributed by atoms with van der Waals surface area (Å²) >= 11 is 0. The van der Waals surface area contributed by atoms with Crippen LogP contribution in [0.1, 0.15) is 11.1 Å². The molecule has 0 atom stereocenters. The number of benzene rings is 2. The summed E-state index contributed by atoms with van der Waals surface area (Å²) in [6.45, 7) is 1.99. The predicted molar refractivity (Wildman–Crippen MR) is 82.5 cm³/mol. The molecule has 0 aromatic heterocycles. The van der Waals surface area contributed by atoms with E-state index in [2.05, 4.69) is 5.32 Å². The van der Waals surface area contributed by atoms with Crippen molar-refractivity contribution in [3.8, 4) is 5.75 Å². The topological polar surface area (TPSA) is 58.6 Å². The lowest BCUT2D eigenvalue weighted by Crippen LogP contribution is -2.20. The fraction of sp³-hybridized carbons (Fsp3) is 0.235. The third-order valence-corrected chi connectivity index (χ3v) is 3.05. The third kappa shape index (κ3) is 4.61. The first-order valence-electron chi connectivity index (χ1n) is 6.87. The molecule has 0 aliphatic carbocycles. The highest BCUT2D eigenvalue weighted by Gasteiger charge is 2.06. The van der Waals surface area contributed by atoms with Gasteiger partial charge in [-0.2, -0.15) is 0 Å². The number of anilines is 1. The van der Waals surface area contributed by atoms with Crippen LogP contribution in [0.4, 0.5) is 5.69 Å². The Bertz CT molecular complexity index is 593. The van der Waals surface area contributed by atoms with E-state index >= 15 is 0 Å². The Morgan fingerprint density at radius 3 is 2.57 bits per heavy atom. The summed E-state index contributed by atoms with van der Waals surface area (Å²) in [7, 11) is 0. The highest BCUT2D eigenvalue weighted by molar-refractivity contribution is 5.91. The van der Waals surface area contributed by atoms with E-state index in [1.807, 2.05) is 49.4 Å². The molecule has 2 rings (SSSR count). The van der Waals surface area contributed by atoms with Crippen LogP contribution in [-0.4, -0.2) is 24.2 Å². The quantitative estimate of drug-likeness (QED) is 0.857. The number of aliphatic hydroxyl groups is 1. The van der Waals surface area contributed by atoms with Gasteiger partial charge in [-0.15, -0.1) is 0 Å². The molecule has 1 amide bonds. The van der Waals surface area contributed by atoms with Gasteiger partial charge in [-0.25, -0.2) is 0 Å². The zero-order valence-electron chi connectivity index (χ0n) is 12.0. The molecule has 0 aliphatic heterocycles. The van der Waals surface area contributed by atoms with Crippen molar-refractivity contribution in [3.63, 3.8) is 0 Å². The number of carbonyl (C=O) groups is 1. The average molecular weight is 285 g/mol. The van der Waals surface area contributed by atoms with E-state index in [1.165, 1.54) is 0 Å². The van der Waals surface area contributed by atoms with Crippen molar-refractivity contribution in [2.45, 2.75) is 13.3 Å². The van der Waals surface area contributed by atoms with Crippen LogP contribution < -0.4 is 10.1 Å². The van der Waals surface area contributed by atoms with Gasteiger partial charge in [0.1, 0.15) is 5.75 Å². The molecule has 0 spiro atoms. The van der Waals surface area contributed by atoms with Crippen LogP contribution in [0, 0.1) is 6.92 Å². The lowest BCUT2D eigenvalue weighted by Gasteiger charge is -2.11. The summed E-state index contributed by atoms with van der Waals surface area (Å²) in [5.41, 5.74) is 2.78. The van der Waals surface area contributed by atoms with Crippen molar-refractivity contribution in [3.05, 3.63) is 59.7 Å². The summed E-state index contributed by atoms with van der Waals surface area (Å²) in [5.74, 6) is 0.420.